The summed E-state index contributed by atoms with van der Waals surface area (Å²) in [7, 11) is 0. The molecule has 7 fully saturated rings. The lowest BCUT2D eigenvalue weighted by Gasteiger charge is -2.57. The van der Waals surface area contributed by atoms with Crippen LogP contribution in [-0.4, -0.2) is 43.8 Å². The van der Waals surface area contributed by atoms with Gasteiger partial charge in [-0.15, -0.1) is 0 Å². The highest BCUT2D eigenvalue weighted by molar-refractivity contribution is 5.22. The van der Waals surface area contributed by atoms with E-state index in [1.807, 2.05) is 0 Å². The molecule has 0 unspecified atom stereocenters. The van der Waals surface area contributed by atoms with Crippen LogP contribution in [0.2, 0.25) is 0 Å². The third-order valence-corrected chi connectivity index (χ3v) is 21.4. The fourth-order valence-electron chi connectivity index (χ4n) is 17.6. The second kappa shape index (κ2) is 22.6. The predicted molar refractivity (Wildman–Crippen MR) is 268 cm³/mol. The Hall–Kier alpha value is -0.420. The Morgan fingerprint density at radius 1 is 0.548 bits per heavy atom. The first-order chi connectivity index (χ1) is 27.6. The van der Waals surface area contributed by atoms with Gasteiger partial charge in [-0.2, -0.15) is 0 Å². The summed E-state index contributed by atoms with van der Waals surface area (Å²) in [5.74, 6) is 11.2. The Kier molecular flexibility index (Phi) is 20.4. The van der Waals surface area contributed by atoms with Gasteiger partial charge < -0.3 is 20.4 Å². The predicted octanol–water partition coefficient (Wildman–Crippen LogP) is 15.6. The summed E-state index contributed by atoms with van der Waals surface area (Å²) in [5, 5.41) is 41.8. The number of aliphatic hydroxyl groups excluding tert-OH is 2. The van der Waals surface area contributed by atoms with Gasteiger partial charge in [-0.25, -0.2) is 0 Å². The zero-order chi connectivity index (χ0) is 41.6. The van der Waals surface area contributed by atoms with E-state index >= 15 is 0 Å². The van der Waals surface area contributed by atoms with Gasteiger partial charge in [-0.3, -0.25) is 0 Å². The molecule has 0 saturated heterocycles. The van der Waals surface area contributed by atoms with Crippen LogP contribution in [0.5, 0.6) is 0 Å². The quantitative estimate of drug-likeness (QED) is 0.147. The fraction of sp³-hybridized carbons (Fsp3) is 0.966. The summed E-state index contributed by atoms with van der Waals surface area (Å²) in [5.41, 5.74) is 1.90. The Morgan fingerprint density at radius 2 is 1.05 bits per heavy atom. The van der Waals surface area contributed by atoms with E-state index in [9.17, 15) is 20.4 Å². The number of hydrogen-bond acceptors (Lipinski definition) is 4. The smallest absolute Gasteiger partial charge is 0.0682 e. The summed E-state index contributed by atoms with van der Waals surface area (Å²) in [6.07, 6.45) is 32.5. The van der Waals surface area contributed by atoms with Crippen molar-refractivity contribution in [1.29, 1.82) is 0 Å². The molecule has 0 aromatic rings. The molecule has 7 saturated carbocycles. The average molecular weight is 872 g/mol. The van der Waals surface area contributed by atoms with E-state index in [-0.39, 0.29) is 47.5 Å². The Balaban J connectivity index is 0.000000310. The molecule has 8 aliphatic rings. The van der Waals surface area contributed by atoms with E-state index in [0.29, 0.717) is 10.8 Å². The van der Waals surface area contributed by atoms with Gasteiger partial charge >= 0.3 is 0 Å². The van der Waals surface area contributed by atoms with Crippen LogP contribution in [0.15, 0.2) is 11.6 Å². The van der Waals surface area contributed by atoms with Crippen molar-refractivity contribution in [2.24, 2.45) is 87.8 Å². The van der Waals surface area contributed by atoms with Crippen LogP contribution >= 0.6 is 0 Å². The lowest BCUT2D eigenvalue weighted by molar-refractivity contribution is -0.109. The van der Waals surface area contributed by atoms with Gasteiger partial charge in [-0.1, -0.05) is 96.7 Å². The van der Waals surface area contributed by atoms with E-state index in [1.165, 1.54) is 96.3 Å². The van der Waals surface area contributed by atoms with Crippen LogP contribution in [0.3, 0.4) is 0 Å². The molecule has 0 amide bonds. The highest BCUT2D eigenvalue weighted by Crippen LogP contribution is 2.67. The summed E-state index contributed by atoms with van der Waals surface area (Å²) >= 11 is 0. The van der Waals surface area contributed by atoms with Crippen molar-refractivity contribution in [3.63, 3.8) is 0 Å². The first-order valence-corrected chi connectivity index (χ1v) is 26.1. The SMILES string of the molecule is C.C.C.C.CC[C@H](O)CC[C@@H](C)[C@H]1CC[C@H]2[C@@H]3CC=C4C[C@](O)(CC)CC[C@@H]4[C@H]3CC[C@]12C.CC[C@H](O)CC[C@@H](C)[C@H]1CC[C@H]2[C@@H]3CC[C@H]4C[C@](O)(CC)CC[C@@H]4[C@H]3CC[C@]12C. The van der Waals surface area contributed by atoms with E-state index in [1.54, 1.807) is 5.57 Å². The van der Waals surface area contributed by atoms with E-state index < -0.39 is 5.60 Å². The molecule has 0 aromatic heterocycles. The maximum atomic E-state index is 10.9. The van der Waals surface area contributed by atoms with Crippen molar-refractivity contribution in [2.75, 3.05) is 0 Å². The van der Waals surface area contributed by atoms with Crippen molar-refractivity contribution in [1.82, 2.24) is 0 Å². The molecule has 0 aromatic carbocycles. The van der Waals surface area contributed by atoms with Crippen LogP contribution < -0.4 is 0 Å². The number of aliphatic hydroxyl groups is 4. The van der Waals surface area contributed by atoms with Crippen molar-refractivity contribution in [3.05, 3.63) is 11.6 Å². The summed E-state index contributed by atoms with van der Waals surface area (Å²) in [6.45, 7) is 18.8. The molecule has 4 heteroatoms. The van der Waals surface area contributed by atoms with E-state index in [2.05, 4.69) is 61.5 Å². The molecular formula is C58H110O4. The molecule has 0 spiro atoms. The van der Waals surface area contributed by atoms with Gasteiger partial charge in [0.15, 0.2) is 0 Å². The number of fused-ring (bicyclic) bond motifs is 10. The van der Waals surface area contributed by atoms with Gasteiger partial charge in [0.2, 0.25) is 0 Å². The zero-order valence-corrected chi connectivity index (χ0v) is 39.2. The fourth-order valence-corrected chi connectivity index (χ4v) is 17.6. The largest absolute Gasteiger partial charge is 0.393 e. The van der Waals surface area contributed by atoms with Gasteiger partial charge in [0.25, 0.3) is 0 Å². The topological polar surface area (TPSA) is 80.9 Å². The van der Waals surface area contributed by atoms with Crippen molar-refractivity contribution >= 4 is 0 Å². The standard InChI is InChI=1S/C27H48O2.C27H46O2.4CH4/c2*1-5-20(28)9-7-18(3)24-11-12-25-23-10-8-19-17-27(29,6-2)16-14-21(19)22(23)13-15-26(24,25)4;;;;/h18-25,28-29H,5-17H2,1-4H3;8,18,20-25,28-29H,5-7,9-17H2,1-4H3;4*1H4/t18-,19+,20+,21+,22-,23-,24-,25+,26-,27+;18-,20+,21+,22-,23-,24-,25+,26-,27+;;;;/m11..../s1. The monoisotopic (exact) mass is 871 g/mol. The molecule has 0 radical (unpaired) electrons. The first-order valence-electron chi connectivity index (χ1n) is 26.1. The second-order valence-corrected chi connectivity index (χ2v) is 23.8. The van der Waals surface area contributed by atoms with Gasteiger partial charge in [0, 0.05) is 0 Å². The highest BCUT2D eigenvalue weighted by Gasteiger charge is 2.59. The highest BCUT2D eigenvalue weighted by atomic mass is 16.3. The Bertz CT molecular complexity index is 1380. The molecule has 8 aliphatic carbocycles. The van der Waals surface area contributed by atoms with E-state index in [0.717, 1.165) is 141 Å². The van der Waals surface area contributed by atoms with Crippen LogP contribution in [0, 0.1) is 87.8 Å². The normalized spacial score (nSPS) is 44.6. The molecule has 19 atom stereocenters. The summed E-state index contributed by atoms with van der Waals surface area (Å²) in [4.78, 5) is 0. The Labute approximate surface area is 387 Å². The average Bonchev–Trinajstić information content (AvgIpc) is 3.78. The number of allylic oxidation sites excluding steroid dienone is 1. The number of rotatable bonds is 12. The molecular weight excluding hydrogens is 761 g/mol. The minimum absolute atomic E-state index is 0. The van der Waals surface area contributed by atoms with Crippen LogP contribution in [0.25, 0.3) is 0 Å². The minimum atomic E-state index is -0.421. The van der Waals surface area contributed by atoms with Crippen LogP contribution in [0.1, 0.15) is 246 Å². The number of hydrogen-bond donors (Lipinski definition) is 4. The molecule has 8 rings (SSSR count). The van der Waals surface area contributed by atoms with E-state index in [4.69, 9.17) is 0 Å². The van der Waals surface area contributed by atoms with Gasteiger partial charge in [0.05, 0.1) is 23.4 Å². The van der Waals surface area contributed by atoms with Crippen molar-refractivity contribution in [3.8, 4) is 0 Å². The first kappa shape index (κ1) is 55.9. The zero-order valence-electron chi connectivity index (χ0n) is 39.2. The minimum Gasteiger partial charge on any atom is -0.393 e. The molecule has 62 heavy (non-hydrogen) atoms. The molecule has 0 heterocycles. The summed E-state index contributed by atoms with van der Waals surface area (Å²) < 4.78 is 0. The maximum Gasteiger partial charge on any atom is 0.0682 e. The molecule has 4 nitrogen and oxygen atoms in total. The lowest BCUT2D eigenvalue weighted by atomic mass is 9.48. The lowest BCUT2D eigenvalue weighted by Crippen LogP contribution is -2.51. The third-order valence-electron chi connectivity index (χ3n) is 21.4. The second-order valence-electron chi connectivity index (χ2n) is 23.8. The third kappa shape index (κ3) is 10.8. The van der Waals surface area contributed by atoms with Crippen molar-refractivity contribution < 1.29 is 20.4 Å². The Morgan fingerprint density at radius 3 is 1.58 bits per heavy atom. The van der Waals surface area contributed by atoms with Crippen LogP contribution in [0.4, 0.5) is 0 Å². The molecule has 0 aliphatic heterocycles. The van der Waals surface area contributed by atoms with Gasteiger partial charge in [0.1, 0.15) is 0 Å². The molecule has 4 N–H and O–H groups in total. The van der Waals surface area contributed by atoms with Crippen molar-refractivity contribution in [2.45, 2.75) is 269 Å². The maximum absolute atomic E-state index is 10.9. The summed E-state index contributed by atoms with van der Waals surface area (Å²) in [6, 6.07) is 0. The van der Waals surface area contributed by atoms with Gasteiger partial charge in [-0.05, 0) is 248 Å². The van der Waals surface area contributed by atoms with Crippen LogP contribution in [-0.2, 0) is 0 Å². The molecule has 0 bridgehead atoms. The molecule has 366 valence electrons.